The number of anilines is 1. The molecule has 1 fully saturated rings. The Kier molecular flexibility index (Phi) is 7.50. The van der Waals surface area contributed by atoms with Gasteiger partial charge in [0.1, 0.15) is 5.75 Å². The Bertz CT molecular complexity index is 619. The first kappa shape index (κ1) is 21.5. The minimum absolute atomic E-state index is 0.0110. The van der Waals surface area contributed by atoms with E-state index >= 15 is 0 Å². The number of carbonyl (C=O) groups excluding carboxylic acids is 1. The first-order valence-corrected chi connectivity index (χ1v) is 9.86. The lowest BCUT2D eigenvalue weighted by Gasteiger charge is -2.36. The molecule has 2 amide bonds. The zero-order valence-electron chi connectivity index (χ0n) is 17.8. The molecular formula is C21H36N4O2. The largest absolute Gasteiger partial charge is 0.495 e. The number of hydrogen-bond acceptors (Lipinski definition) is 4. The van der Waals surface area contributed by atoms with E-state index in [1.54, 1.807) is 7.11 Å². The number of likely N-dealkylation sites (N-methyl/N-ethyl adjacent to an activating group) is 1. The van der Waals surface area contributed by atoms with Crippen molar-refractivity contribution in [2.75, 3.05) is 52.2 Å². The molecule has 6 heteroatoms. The van der Waals surface area contributed by atoms with Gasteiger partial charge >= 0.3 is 6.03 Å². The average Bonchev–Trinajstić information content (AvgIpc) is 2.61. The van der Waals surface area contributed by atoms with E-state index in [1.807, 2.05) is 18.2 Å². The van der Waals surface area contributed by atoms with Crippen LogP contribution in [0.3, 0.4) is 0 Å². The van der Waals surface area contributed by atoms with E-state index < -0.39 is 0 Å². The summed E-state index contributed by atoms with van der Waals surface area (Å²) in [4.78, 5) is 17.2. The van der Waals surface area contributed by atoms with Gasteiger partial charge in [0.15, 0.2) is 0 Å². The number of ether oxygens (including phenoxy) is 1. The molecule has 0 spiro atoms. The van der Waals surface area contributed by atoms with Crippen molar-refractivity contribution in [3.05, 3.63) is 23.8 Å². The van der Waals surface area contributed by atoms with Gasteiger partial charge in [-0.25, -0.2) is 4.79 Å². The van der Waals surface area contributed by atoms with Crippen LogP contribution in [0.5, 0.6) is 5.75 Å². The van der Waals surface area contributed by atoms with Crippen LogP contribution in [0.25, 0.3) is 0 Å². The number of amides is 2. The van der Waals surface area contributed by atoms with Crippen molar-refractivity contribution in [1.29, 1.82) is 0 Å². The Labute approximate surface area is 164 Å². The summed E-state index contributed by atoms with van der Waals surface area (Å²) >= 11 is 0. The van der Waals surface area contributed by atoms with Crippen LogP contribution in [0.15, 0.2) is 18.2 Å². The molecular weight excluding hydrogens is 340 g/mol. The first-order valence-electron chi connectivity index (χ1n) is 9.86. The SMILES string of the molecule is COc1ccc(C(C)(C)C)cc1NC(=O)NCC[C@H](C)N1CCN(C)CC1. The molecule has 1 aromatic carbocycles. The number of rotatable bonds is 6. The third-order valence-electron chi connectivity index (χ3n) is 5.32. The van der Waals surface area contributed by atoms with Crippen LogP contribution in [0.1, 0.15) is 39.7 Å². The number of benzene rings is 1. The van der Waals surface area contributed by atoms with Crippen LogP contribution in [-0.4, -0.2) is 68.8 Å². The Morgan fingerprint density at radius 2 is 1.89 bits per heavy atom. The van der Waals surface area contributed by atoms with Crippen molar-refractivity contribution >= 4 is 11.7 Å². The molecule has 0 unspecified atom stereocenters. The van der Waals surface area contributed by atoms with Crippen molar-refractivity contribution in [2.24, 2.45) is 0 Å². The highest BCUT2D eigenvalue weighted by Crippen LogP contribution is 2.31. The topological polar surface area (TPSA) is 56.8 Å². The van der Waals surface area contributed by atoms with Crippen LogP contribution >= 0.6 is 0 Å². The first-order chi connectivity index (χ1) is 12.7. The van der Waals surface area contributed by atoms with E-state index in [0.717, 1.165) is 38.2 Å². The fourth-order valence-electron chi connectivity index (χ4n) is 3.28. The Morgan fingerprint density at radius 1 is 1.22 bits per heavy atom. The van der Waals surface area contributed by atoms with E-state index in [1.165, 1.54) is 0 Å². The molecule has 0 aromatic heterocycles. The molecule has 2 rings (SSSR count). The summed E-state index contributed by atoms with van der Waals surface area (Å²) in [6.07, 6.45) is 0.941. The van der Waals surface area contributed by atoms with Gasteiger partial charge in [-0.05, 0) is 43.5 Å². The number of piperazine rings is 1. The quantitative estimate of drug-likeness (QED) is 0.801. The molecule has 1 aliphatic heterocycles. The highest BCUT2D eigenvalue weighted by atomic mass is 16.5. The van der Waals surface area contributed by atoms with E-state index in [4.69, 9.17) is 4.74 Å². The molecule has 27 heavy (non-hydrogen) atoms. The van der Waals surface area contributed by atoms with Crippen LogP contribution < -0.4 is 15.4 Å². The lowest BCUT2D eigenvalue weighted by atomic mass is 9.87. The third-order valence-corrected chi connectivity index (χ3v) is 5.32. The van der Waals surface area contributed by atoms with Crippen molar-refractivity contribution in [3.63, 3.8) is 0 Å². The molecule has 1 saturated heterocycles. The summed E-state index contributed by atoms with van der Waals surface area (Å²) in [5.41, 5.74) is 1.87. The molecule has 0 radical (unpaired) electrons. The van der Waals surface area contributed by atoms with Gasteiger partial charge in [-0.1, -0.05) is 26.8 Å². The standard InChI is InChI=1S/C21H36N4O2/c1-16(25-13-11-24(5)12-14-25)9-10-22-20(26)23-18-15-17(21(2,3)4)7-8-19(18)27-6/h7-8,15-16H,9-14H2,1-6H3,(H2,22,23,26)/t16-/m0/s1. The van der Waals surface area contributed by atoms with Gasteiger partial charge in [0, 0.05) is 38.8 Å². The second-order valence-corrected chi connectivity index (χ2v) is 8.52. The van der Waals surface area contributed by atoms with Gasteiger partial charge in [0.25, 0.3) is 0 Å². The van der Waals surface area contributed by atoms with E-state index in [2.05, 4.69) is 55.2 Å². The van der Waals surface area contributed by atoms with E-state index in [-0.39, 0.29) is 11.4 Å². The van der Waals surface area contributed by atoms with Crippen molar-refractivity contribution < 1.29 is 9.53 Å². The van der Waals surface area contributed by atoms with Crippen molar-refractivity contribution in [1.82, 2.24) is 15.1 Å². The summed E-state index contributed by atoms with van der Waals surface area (Å²) in [7, 11) is 3.78. The molecule has 1 aromatic rings. The van der Waals surface area contributed by atoms with Gasteiger partial charge < -0.3 is 20.3 Å². The fourth-order valence-corrected chi connectivity index (χ4v) is 3.28. The predicted octanol–water partition coefficient (Wildman–Crippen LogP) is 3.14. The summed E-state index contributed by atoms with van der Waals surface area (Å²) in [6.45, 7) is 13.8. The Balaban J connectivity index is 1.85. The number of nitrogens with one attached hydrogen (secondary N) is 2. The minimum Gasteiger partial charge on any atom is -0.495 e. The second-order valence-electron chi connectivity index (χ2n) is 8.52. The number of carbonyl (C=O) groups is 1. The maximum absolute atomic E-state index is 12.3. The Morgan fingerprint density at radius 3 is 2.48 bits per heavy atom. The maximum Gasteiger partial charge on any atom is 0.319 e. The highest BCUT2D eigenvalue weighted by Gasteiger charge is 2.19. The molecule has 0 bridgehead atoms. The summed E-state index contributed by atoms with van der Waals surface area (Å²) in [5.74, 6) is 0.670. The maximum atomic E-state index is 12.3. The lowest BCUT2D eigenvalue weighted by molar-refractivity contribution is 0.115. The minimum atomic E-state index is -0.190. The molecule has 1 atom stereocenters. The fraction of sp³-hybridized carbons (Fsp3) is 0.667. The van der Waals surface area contributed by atoms with Gasteiger partial charge in [0.2, 0.25) is 0 Å². The average molecular weight is 377 g/mol. The van der Waals surface area contributed by atoms with Crippen LogP contribution in [0.2, 0.25) is 0 Å². The molecule has 0 saturated carbocycles. The number of hydrogen-bond donors (Lipinski definition) is 2. The van der Waals surface area contributed by atoms with E-state index in [0.29, 0.717) is 24.0 Å². The zero-order chi connectivity index (χ0) is 20.0. The summed E-state index contributed by atoms with van der Waals surface area (Å²) in [5, 5.41) is 5.91. The molecule has 0 aliphatic carbocycles. The molecule has 1 heterocycles. The number of nitrogens with zero attached hydrogens (tertiary/aromatic N) is 2. The van der Waals surface area contributed by atoms with Gasteiger partial charge in [-0.15, -0.1) is 0 Å². The zero-order valence-corrected chi connectivity index (χ0v) is 17.8. The second kappa shape index (κ2) is 9.42. The normalized spacial score (nSPS) is 17.4. The van der Waals surface area contributed by atoms with Crippen LogP contribution in [0, 0.1) is 0 Å². The number of methoxy groups -OCH3 is 1. The number of urea groups is 1. The third kappa shape index (κ3) is 6.40. The van der Waals surface area contributed by atoms with Crippen molar-refractivity contribution in [2.45, 2.75) is 45.6 Å². The molecule has 6 nitrogen and oxygen atoms in total. The van der Waals surface area contributed by atoms with Gasteiger partial charge in [0.05, 0.1) is 12.8 Å². The highest BCUT2D eigenvalue weighted by molar-refractivity contribution is 5.91. The monoisotopic (exact) mass is 376 g/mol. The van der Waals surface area contributed by atoms with Gasteiger partial charge in [-0.3, -0.25) is 4.90 Å². The summed E-state index contributed by atoms with van der Waals surface area (Å²) in [6, 6.07) is 6.22. The van der Waals surface area contributed by atoms with Gasteiger partial charge in [-0.2, -0.15) is 0 Å². The smallest absolute Gasteiger partial charge is 0.319 e. The van der Waals surface area contributed by atoms with Crippen LogP contribution in [0.4, 0.5) is 10.5 Å². The van der Waals surface area contributed by atoms with Crippen LogP contribution in [-0.2, 0) is 5.41 Å². The van der Waals surface area contributed by atoms with Crippen molar-refractivity contribution in [3.8, 4) is 5.75 Å². The lowest BCUT2D eigenvalue weighted by Crippen LogP contribution is -2.48. The Hall–Kier alpha value is -1.79. The summed E-state index contributed by atoms with van der Waals surface area (Å²) < 4.78 is 5.39. The molecule has 2 N–H and O–H groups in total. The molecule has 152 valence electrons. The van der Waals surface area contributed by atoms with E-state index in [9.17, 15) is 4.79 Å². The molecule has 1 aliphatic rings. The predicted molar refractivity (Wildman–Crippen MR) is 112 cm³/mol.